The Balaban J connectivity index is 2.13. The Morgan fingerprint density at radius 1 is 1.22 bits per heavy atom. The lowest BCUT2D eigenvalue weighted by molar-refractivity contribution is -0.124. The van der Waals surface area contributed by atoms with Crippen molar-refractivity contribution >= 4 is 23.0 Å². The van der Waals surface area contributed by atoms with Gasteiger partial charge in [-0.25, -0.2) is 10.5 Å². The molecule has 148 valence electrons. The van der Waals surface area contributed by atoms with Crippen molar-refractivity contribution in [2.24, 2.45) is 0 Å². The Labute approximate surface area is 161 Å². The molecule has 6 nitrogen and oxygen atoms in total. The molecule has 0 aliphatic rings. The molecule has 27 heavy (non-hydrogen) atoms. The number of imidazole rings is 1. The highest BCUT2D eigenvalue weighted by molar-refractivity contribution is 5.91. The molecule has 1 aromatic carbocycles. The average molecular weight is 373 g/mol. The number of likely N-dealkylation sites (N-methyl/N-ethyl adjacent to an activating group) is 1. The Morgan fingerprint density at radius 3 is 2.74 bits per heavy atom. The largest absolute Gasteiger partial charge is 0.327 e. The predicted molar refractivity (Wildman–Crippen MR) is 110 cm³/mol. The number of nitrogens with one attached hydrogen (secondary N) is 2. The maximum Gasteiger partial charge on any atom is 0.267 e. The van der Waals surface area contributed by atoms with Crippen LogP contribution in [0.4, 0.5) is 0 Å². The Bertz CT molecular complexity index is 752. The van der Waals surface area contributed by atoms with E-state index >= 15 is 0 Å². The molecule has 1 aromatic heterocycles. The maximum atomic E-state index is 11.2. The molecule has 0 aliphatic heterocycles. The van der Waals surface area contributed by atoms with E-state index in [1.807, 2.05) is 19.2 Å². The molecule has 0 aliphatic carbocycles. The number of fused-ring (bicyclic) bond motifs is 1. The molecule has 0 unspecified atom stereocenters. The number of aryl methyl sites for hydroxylation is 1. The standard InChI is InChI=1S/C21H32N4O2/c1-3-4-5-6-7-8-9-20-23-18-16-17(11-13-21(26)24-27)10-12-19(18)25(20)15-14-22-2/h10-13,16,22,27H,3-9,14-15H2,1-2H3,(H,24,26)/b13-11+. The molecule has 1 amide bonds. The lowest BCUT2D eigenvalue weighted by atomic mass is 10.1. The fraction of sp³-hybridized carbons (Fsp3) is 0.524. The van der Waals surface area contributed by atoms with E-state index in [1.165, 1.54) is 38.2 Å². The highest BCUT2D eigenvalue weighted by Gasteiger charge is 2.10. The summed E-state index contributed by atoms with van der Waals surface area (Å²) in [6.07, 6.45) is 11.6. The first-order valence-corrected chi connectivity index (χ1v) is 9.95. The minimum atomic E-state index is -0.543. The van der Waals surface area contributed by atoms with Crippen molar-refractivity contribution in [3.63, 3.8) is 0 Å². The van der Waals surface area contributed by atoms with E-state index < -0.39 is 5.91 Å². The highest BCUT2D eigenvalue weighted by atomic mass is 16.5. The first kappa shape index (κ1) is 21.1. The summed E-state index contributed by atoms with van der Waals surface area (Å²) in [6, 6.07) is 6.01. The van der Waals surface area contributed by atoms with Gasteiger partial charge < -0.3 is 9.88 Å². The molecule has 0 saturated carbocycles. The van der Waals surface area contributed by atoms with Gasteiger partial charge >= 0.3 is 0 Å². The van der Waals surface area contributed by atoms with Gasteiger partial charge in [-0.1, -0.05) is 45.1 Å². The molecule has 2 rings (SSSR count). The van der Waals surface area contributed by atoms with Gasteiger partial charge in [-0.15, -0.1) is 0 Å². The number of hydroxylamine groups is 1. The van der Waals surface area contributed by atoms with Gasteiger partial charge in [-0.05, 0) is 37.2 Å². The van der Waals surface area contributed by atoms with Crippen LogP contribution in [0, 0.1) is 0 Å². The van der Waals surface area contributed by atoms with Crippen LogP contribution in [0.3, 0.4) is 0 Å². The van der Waals surface area contributed by atoms with Crippen LogP contribution in [0.5, 0.6) is 0 Å². The molecule has 6 heteroatoms. The lowest BCUT2D eigenvalue weighted by Crippen LogP contribution is -2.16. The molecule has 0 fully saturated rings. The Kier molecular flexibility index (Phi) is 9.01. The molecule has 1 heterocycles. The van der Waals surface area contributed by atoms with Crippen LogP contribution in [-0.2, 0) is 17.8 Å². The molecular formula is C21H32N4O2. The van der Waals surface area contributed by atoms with E-state index in [2.05, 4.69) is 22.9 Å². The molecule has 3 N–H and O–H groups in total. The van der Waals surface area contributed by atoms with Gasteiger partial charge in [0.25, 0.3) is 5.91 Å². The maximum absolute atomic E-state index is 11.2. The molecule has 0 spiro atoms. The molecule has 0 saturated heterocycles. The minimum absolute atomic E-state index is 0.543. The van der Waals surface area contributed by atoms with Crippen molar-refractivity contribution < 1.29 is 10.0 Å². The van der Waals surface area contributed by atoms with Crippen LogP contribution in [-0.4, -0.2) is 34.3 Å². The first-order valence-electron chi connectivity index (χ1n) is 9.95. The van der Waals surface area contributed by atoms with Crippen molar-refractivity contribution in [2.75, 3.05) is 13.6 Å². The SMILES string of the molecule is CCCCCCCCc1nc2cc(/C=C/C(=O)NO)ccc2n1CCNC. The number of nitrogens with zero attached hydrogens (tertiary/aromatic N) is 2. The van der Waals surface area contributed by atoms with Crippen LogP contribution < -0.4 is 10.8 Å². The molecule has 0 radical (unpaired) electrons. The molecule has 0 bridgehead atoms. The van der Waals surface area contributed by atoms with Gasteiger partial charge in [0.1, 0.15) is 5.82 Å². The van der Waals surface area contributed by atoms with Crippen LogP contribution in [0.15, 0.2) is 24.3 Å². The number of rotatable bonds is 12. The number of carbonyl (C=O) groups is 1. The zero-order valence-electron chi connectivity index (χ0n) is 16.5. The highest BCUT2D eigenvalue weighted by Crippen LogP contribution is 2.20. The Morgan fingerprint density at radius 2 is 2.00 bits per heavy atom. The fourth-order valence-corrected chi connectivity index (χ4v) is 3.24. The average Bonchev–Trinajstić information content (AvgIpc) is 3.03. The number of amides is 1. The van der Waals surface area contributed by atoms with Gasteiger partial charge in [-0.2, -0.15) is 0 Å². The Hall–Kier alpha value is -2.18. The first-order chi connectivity index (χ1) is 13.2. The van der Waals surface area contributed by atoms with Crippen LogP contribution in [0.25, 0.3) is 17.1 Å². The quantitative estimate of drug-likeness (QED) is 0.230. The van der Waals surface area contributed by atoms with Gasteiger partial charge in [0, 0.05) is 25.6 Å². The normalized spacial score (nSPS) is 11.5. The minimum Gasteiger partial charge on any atom is -0.327 e. The van der Waals surface area contributed by atoms with Gasteiger partial charge in [0.15, 0.2) is 0 Å². The van der Waals surface area contributed by atoms with E-state index in [0.29, 0.717) is 0 Å². The second kappa shape index (κ2) is 11.5. The fourth-order valence-electron chi connectivity index (χ4n) is 3.24. The summed E-state index contributed by atoms with van der Waals surface area (Å²) >= 11 is 0. The number of hydrogen-bond acceptors (Lipinski definition) is 4. The second-order valence-corrected chi connectivity index (χ2v) is 6.86. The summed E-state index contributed by atoms with van der Waals surface area (Å²) < 4.78 is 2.30. The summed E-state index contributed by atoms with van der Waals surface area (Å²) in [7, 11) is 1.96. The van der Waals surface area contributed by atoms with Crippen molar-refractivity contribution in [1.82, 2.24) is 20.3 Å². The van der Waals surface area contributed by atoms with Crippen LogP contribution >= 0.6 is 0 Å². The third-order valence-corrected chi connectivity index (χ3v) is 4.73. The van der Waals surface area contributed by atoms with Crippen molar-refractivity contribution in [1.29, 1.82) is 0 Å². The van der Waals surface area contributed by atoms with Crippen molar-refractivity contribution in [2.45, 2.75) is 58.4 Å². The topological polar surface area (TPSA) is 79.2 Å². The van der Waals surface area contributed by atoms with Crippen LogP contribution in [0.2, 0.25) is 0 Å². The zero-order valence-corrected chi connectivity index (χ0v) is 16.5. The summed E-state index contributed by atoms with van der Waals surface area (Å²) in [5, 5.41) is 11.8. The predicted octanol–water partition coefficient (Wildman–Crippen LogP) is 3.68. The number of unbranched alkanes of at least 4 members (excludes halogenated alkanes) is 5. The number of carbonyl (C=O) groups excluding carboxylic acids is 1. The summed E-state index contributed by atoms with van der Waals surface area (Å²) in [5.41, 5.74) is 4.55. The number of aromatic nitrogens is 2. The van der Waals surface area contributed by atoms with Crippen LogP contribution in [0.1, 0.15) is 56.8 Å². The number of benzene rings is 1. The third kappa shape index (κ3) is 6.48. The van der Waals surface area contributed by atoms with E-state index in [-0.39, 0.29) is 0 Å². The smallest absolute Gasteiger partial charge is 0.267 e. The molecular weight excluding hydrogens is 340 g/mol. The van der Waals surface area contributed by atoms with Gasteiger partial charge in [-0.3, -0.25) is 10.0 Å². The molecule has 2 aromatic rings. The van der Waals surface area contributed by atoms with Crippen molar-refractivity contribution in [3.05, 3.63) is 35.7 Å². The lowest BCUT2D eigenvalue weighted by Gasteiger charge is -2.09. The van der Waals surface area contributed by atoms with E-state index in [1.54, 1.807) is 11.6 Å². The number of hydrogen-bond donors (Lipinski definition) is 3. The van der Waals surface area contributed by atoms with Gasteiger partial charge in [0.05, 0.1) is 11.0 Å². The monoisotopic (exact) mass is 372 g/mol. The summed E-state index contributed by atoms with van der Waals surface area (Å²) in [4.78, 5) is 16.0. The zero-order chi connectivity index (χ0) is 19.5. The van der Waals surface area contributed by atoms with E-state index in [4.69, 9.17) is 10.2 Å². The molecule has 0 atom stereocenters. The van der Waals surface area contributed by atoms with Crippen molar-refractivity contribution in [3.8, 4) is 0 Å². The second-order valence-electron chi connectivity index (χ2n) is 6.86. The summed E-state index contributed by atoms with van der Waals surface area (Å²) in [6.45, 7) is 4.03. The van der Waals surface area contributed by atoms with E-state index in [0.717, 1.165) is 48.4 Å². The third-order valence-electron chi connectivity index (χ3n) is 4.73. The van der Waals surface area contributed by atoms with E-state index in [9.17, 15) is 4.79 Å². The van der Waals surface area contributed by atoms with Gasteiger partial charge in [0.2, 0.25) is 0 Å². The summed E-state index contributed by atoms with van der Waals surface area (Å²) in [5.74, 6) is 0.586.